The number of carbonyl (C=O) groups excluding carboxylic acids is 1. The molecule has 22 heavy (non-hydrogen) atoms. The van der Waals surface area contributed by atoms with Crippen molar-refractivity contribution in [1.29, 1.82) is 0 Å². The van der Waals surface area contributed by atoms with Crippen LogP contribution in [0.25, 0.3) is 10.6 Å². The van der Waals surface area contributed by atoms with Crippen LogP contribution in [0, 0.1) is 5.92 Å². The summed E-state index contributed by atoms with van der Waals surface area (Å²) in [5, 5.41) is 4.08. The predicted molar refractivity (Wildman–Crippen MR) is 87.9 cm³/mol. The van der Waals surface area contributed by atoms with E-state index in [0.717, 1.165) is 41.5 Å². The van der Waals surface area contributed by atoms with Gasteiger partial charge >= 0.3 is 0 Å². The second-order valence-corrected chi connectivity index (χ2v) is 6.61. The minimum Gasteiger partial charge on any atom is -0.338 e. The number of nitrogens with one attached hydrogen (secondary N) is 1. The molecule has 2 aromatic rings. The molecule has 0 radical (unpaired) electrons. The lowest BCUT2D eigenvalue weighted by Gasteiger charge is -2.32. The molecular formula is C16H20N4OS. The van der Waals surface area contributed by atoms with Crippen LogP contribution in [0.15, 0.2) is 30.7 Å². The molecule has 1 aliphatic heterocycles. The lowest BCUT2D eigenvalue weighted by molar-refractivity contribution is 0.0679. The number of aromatic nitrogens is 2. The molecule has 1 aliphatic rings. The molecule has 1 N–H and O–H groups in total. The van der Waals surface area contributed by atoms with Crippen molar-refractivity contribution in [2.45, 2.75) is 12.8 Å². The van der Waals surface area contributed by atoms with Crippen LogP contribution < -0.4 is 5.32 Å². The van der Waals surface area contributed by atoms with Crippen molar-refractivity contribution in [3.63, 3.8) is 0 Å². The van der Waals surface area contributed by atoms with Gasteiger partial charge in [-0.05, 0) is 44.5 Å². The quantitative estimate of drug-likeness (QED) is 0.940. The van der Waals surface area contributed by atoms with Gasteiger partial charge in [-0.3, -0.25) is 9.78 Å². The fourth-order valence-corrected chi connectivity index (χ4v) is 3.75. The number of amides is 1. The SMILES string of the molecule is CNCC1CCCN(C(=O)c2cnc(-c3ccncc3)s2)C1. The number of nitrogens with zero attached hydrogens (tertiary/aromatic N) is 3. The Bertz CT molecular complexity index is 626. The van der Waals surface area contributed by atoms with Crippen LogP contribution in [0.1, 0.15) is 22.5 Å². The maximum Gasteiger partial charge on any atom is 0.265 e. The number of likely N-dealkylation sites (tertiary alicyclic amines) is 1. The van der Waals surface area contributed by atoms with E-state index in [9.17, 15) is 4.79 Å². The molecule has 0 saturated carbocycles. The molecule has 1 saturated heterocycles. The highest BCUT2D eigenvalue weighted by Crippen LogP contribution is 2.26. The standard InChI is InChI=1S/C16H20N4OS/c1-17-9-12-3-2-8-20(11-12)16(21)14-10-19-15(22-14)13-4-6-18-7-5-13/h4-7,10,12,17H,2-3,8-9,11H2,1H3. The largest absolute Gasteiger partial charge is 0.338 e. The molecule has 0 spiro atoms. The van der Waals surface area contributed by atoms with Crippen LogP contribution in [0.2, 0.25) is 0 Å². The van der Waals surface area contributed by atoms with E-state index in [1.165, 1.54) is 17.8 Å². The summed E-state index contributed by atoms with van der Waals surface area (Å²) >= 11 is 1.46. The van der Waals surface area contributed by atoms with Gasteiger partial charge in [0.25, 0.3) is 5.91 Å². The minimum absolute atomic E-state index is 0.110. The average molecular weight is 316 g/mol. The topological polar surface area (TPSA) is 58.1 Å². The number of hydrogen-bond donors (Lipinski definition) is 1. The molecule has 6 heteroatoms. The van der Waals surface area contributed by atoms with Crippen LogP contribution in [0.3, 0.4) is 0 Å². The van der Waals surface area contributed by atoms with Crippen molar-refractivity contribution < 1.29 is 4.79 Å². The first kappa shape index (κ1) is 15.1. The van der Waals surface area contributed by atoms with Crippen LogP contribution >= 0.6 is 11.3 Å². The zero-order chi connectivity index (χ0) is 15.4. The van der Waals surface area contributed by atoms with E-state index in [1.807, 2.05) is 24.1 Å². The molecule has 0 aromatic carbocycles. The summed E-state index contributed by atoms with van der Waals surface area (Å²) in [4.78, 5) is 23.7. The molecule has 1 fully saturated rings. The molecule has 1 unspecified atom stereocenters. The first-order valence-electron chi connectivity index (χ1n) is 7.58. The average Bonchev–Trinajstić information content (AvgIpc) is 3.05. The molecule has 116 valence electrons. The third kappa shape index (κ3) is 3.34. The number of thiazole rings is 1. The molecule has 5 nitrogen and oxygen atoms in total. The monoisotopic (exact) mass is 316 g/mol. The lowest BCUT2D eigenvalue weighted by Crippen LogP contribution is -2.42. The Morgan fingerprint density at radius 2 is 2.27 bits per heavy atom. The maximum atomic E-state index is 12.7. The van der Waals surface area contributed by atoms with E-state index in [1.54, 1.807) is 18.6 Å². The Kier molecular flexibility index (Phi) is 4.80. The molecule has 1 amide bonds. The van der Waals surface area contributed by atoms with Gasteiger partial charge in [-0.1, -0.05) is 0 Å². The van der Waals surface area contributed by atoms with Gasteiger partial charge in [0.2, 0.25) is 0 Å². The van der Waals surface area contributed by atoms with E-state index >= 15 is 0 Å². The summed E-state index contributed by atoms with van der Waals surface area (Å²) in [5.74, 6) is 0.661. The first-order valence-corrected chi connectivity index (χ1v) is 8.39. The van der Waals surface area contributed by atoms with Crippen molar-refractivity contribution in [2.24, 2.45) is 5.92 Å². The van der Waals surface area contributed by atoms with Gasteiger partial charge in [0.1, 0.15) is 9.88 Å². The smallest absolute Gasteiger partial charge is 0.265 e. The molecular weight excluding hydrogens is 296 g/mol. The highest BCUT2D eigenvalue weighted by atomic mass is 32.1. The predicted octanol–water partition coefficient (Wildman–Crippen LogP) is 2.28. The van der Waals surface area contributed by atoms with Crippen molar-refractivity contribution in [1.82, 2.24) is 20.2 Å². The number of rotatable bonds is 4. The molecule has 0 aliphatic carbocycles. The minimum atomic E-state index is 0.110. The summed E-state index contributed by atoms with van der Waals surface area (Å²) in [5.41, 5.74) is 1.01. The molecule has 3 heterocycles. The number of hydrogen-bond acceptors (Lipinski definition) is 5. The van der Waals surface area contributed by atoms with Gasteiger partial charge in [-0.25, -0.2) is 4.98 Å². The van der Waals surface area contributed by atoms with E-state index in [0.29, 0.717) is 5.92 Å². The van der Waals surface area contributed by atoms with Crippen molar-refractivity contribution in [3.05, 3.63) is 35.6 Å². The fourth-order valence-electron chi connectivity index (χ4n) is 2.86. The number of carbonyl (C=O) groups is 1. The molecule has 3 rings (SSSR count). The fraction of sp³-hybridized carbons (Fsp3) is 0.438. The normalized spacial score (nSPS) is 18.4. The van der Waals surface area contributed by atoms with E-state index in [4.69, 9.17) is 0 Å². The summed E-state index contributed by atoms with van der Waals surface area (Å²) in [6, 6.07) is 3.83. The van der Waals surface area contributed by atoms with E-state index < -0.39 is 0 Å². The first-order chi connectivity index (χ1) is 10.8. The Hall–Kier alpha value is -1.79. The number of piperidine rings is 1. The molecule has 1 atom stereocenters. The van der Waals surface area contributed by atoms with Gasteiger partial charge in [0.05, 0.1) is 6.20 Å². The summed E-state index contributed by atoms with van der Waals surface area (Å²) in [7, 11) is 1.96. The number of pyridine rings is 1. The summed E-state index contributed by atoms with van der Waals surface area (Å²) in [6.07, 6.45) is 7.45. The third-order valence-corrected chi connectivity index (χ3v) is 4.98. The van der Waals surface area contributed by atoms with E-state index in [-0.39, 0.29) is 5.91 Å². The second kappa shape index (κ2) is 6.98. The maximum absolute atomic E-state index is 12.7. The second-order valence-electron chi connectivity index (χ2n) is 5.58. The van der Waals surface area contributed by atoms with Gasteiger partial charge in [-0.2, -0.15) is 0 Å². The van der Waals surface area contributed by atoms with Crippen LogP contribution in [0.4, 0.5) is 0 Å². The highest BCUT2D eigenvalue weighted by Gasteiger charge is 2.25. The summed E-state index contributed by atoms with van der Waals surface area (Å²) in [6.45, 7) is 2.65. The Balaban J connectivity index is 1.71. The van der Waals surface area contributed by atoms with Crippen molar-refractivity contribution >= 4 is 17.2 Å². The Morgan fingerprint density at radius 3 is 3.05 bits per heavy atom. The van der Waals surface area contributed by atoms with Gasteiger partial charge in [-0.15, -0.1) is 11.3 Å². The van der Waals surface area contributed by atoms with Crippen LogP contribution in [0.5, 0.6) is 0 Å². The van der Waals surface area contributed by atoms with Gasteiger partial charge < -0.3 is 10.2 Å². The Morgan fingerprint density at radius 1 is 1.45 bits per heavy atom. The highest BCUT2D eigenvalue weighted by molar-refractivity contribution is 7.16. The zero-order valence-electron chi connectivity index (χ0n) is 12.7. The Labute approximate surface area is 134 Å². The van der Waals surface area contributed by atoms with Crippen molar-refractivity contribution in [3.8, 4) is 10.6 Å². The molecule has 0 bridgehead atoms. The van der Waals surface area contributed by atoms with Gasteiger partial charge in [0, 0.05) is 31.0 Å². The van der Waals surface area contributed by atoms with Crippen LogP contribution in [-0.4, -0.2) is 47.5 Å². The van der Waals surface area contributed by atoms with Crippen molar-refractivity contribution in [2.75, 3.05) is 26.7 Å². The summed E-state index contributed by atoms with van der Waals surface area (Å²) < 4.78 is 0. The van der Waals surface area contributed by atoms with E-state index in [2.05, 4.69) is 15.3 Å². The molecule has 2 aromatic heterocycles. The third-order valence-electron chi connectivity index (χ3n) is 3.94. The zero-order valence-corrected chi connectivity index (χ0v) is 13.5. The van der Waals surface area contributed by atoms with Crippen LogP contribution in [-0.2, 0) is 0 Å². The van der Waals surface area contributed by atoms with Gasteiger partial charge in [0.15, 0.2) is 0 Å². The lowest BCUT2D eigenvalue weighted by atomic mass is 9.98.